The van der Waals surface area contributed by atoms with Crippen LogP contribution in [0.2, 0.25) is 0 Å². The molecular weight excluding hydrogens is 518 g/mol. The van der Waals surface area contributed by atoms with Gasteiger partial charge >= 0.3 is 0 Å². The molecule has 0 spiro atoms. The summed E-state index contributed by atoms with van der Waals surface area (Å²) >= 11 is 1.35. The molecule has 4 aromatic rings. The Morgan fingerprint density at radius 1 is 1.03 bits per heavy atom. The van der Waals surface area contributed by atoms with Crippen molar-refractivity contribution in [2.45, 2.75) is 32.1 Å². The molecular formula is C23H27N7O5S2. The number of para-hydroxylation sites is 1. The second-order valence-corrected chi connectivity index (χ2v) is 11.0. The van der Waals surface area contributed by atoms with Crippen molar-refractivity contribution < 1.29 is 22.6 Å². The van der Waals surface area contributed by atoms with Gasteiger partial charge in [0.2, 0.25) is 16.0 Å². The van der Waals surface area contributed by atoms with Gasteiger partial charge in [-0.3, -0.25) is 9.29 Å². The molecule has 0 bridgehead atoms. The molecule has 37 heavy (non-hydrogen) atoms. The van der Waals surface area contributed by atoms with Crippen LogP contribution in [-0.2, 0) is 14.8 Å². The van der Waals surface area contributed by atoms with Gasteiger partial charge in [-0.25, -0.2) is 23.4 Å². The van der Waals surface area contributed by atoms with Gasteiger partial charge in [0.15, 0.2) is 16.7 Å². The molecule has 1 N–H and O–H groups in total. The normalized spacial score (nSPS) is 13.2. The molecule has 0 aliphatic rings. The Morgan fingerprint density at radius 3 is 2.22 bits per heavy atom. The first-order valence-electron chi connectivity index (χ1n) is 11.1. The lowest BCUT2D eigenvalue weighted by Gasteiger charge is -2.22. The van der Waals surface area contributed by atoms with E-state index in [0.29, 0.717) is 28.0 Å². The Bertz CT molecular complexity index is 1460. The summed E-state index contributed by atoms with van der Waals surface area (Å²) in [4.78, 5) is 13.0. The van der Waals surface area contributed by atoms with Crippen LogP contribution in [0.5, 0.6) is 11.5 Å². The third-order valence-electron chi connectivity index (χ3n) is 5.56. The van der Waals surface area contributed by atoms with Crippen molar-refractivity contribution in [3.05, 3.63) is 53.1 Å². The van der Waals surface area contributed by atoms with Crippen LogP contribution in [0, 0.1) is 13.8 Å². The fraction of sp³-hybridized carbons (Fsp3) is 0.348. The minimum absolute atomic E-state index is 0.0721. The van der Waals surface area contributed by atoms with Gasteiger partial charge in [0.05, 0.1) is 14.2 Å². The molecule has 4 rings (SSSR count). The number of aromatic nitrogens is 6. The number of hydrogen-bond acceptors (Lipinski definition) is 11. The van der Waals surface area contributed by atoms with Crippen molar-refractivity contribution in [3.63, 3.8) is 0 Å². The number of nitrogens with one attached hydrogen (secondary N) is 1. The molecule has 3 heterocycles. The molecule has 12 nitrogen and oxygen atoms in total. The highest BCUT2D eigenvalue weighted by Gasteiger charge is 2.35. The van der Waals surface area contributed by atoms with Crippen LogP contribution in [0.1, 0.15) is 30.1 Å². The first-order valence-corrected chi connectivity index (χ1v) is 13.5. The van der Waals surface area contributed by atoms with E-state index >= 15 is 0 Å². The molecule has 1 aromatic carbocycles. The number of aryl methyl sites for hydroxylation is 2. The van der Waals surface area contributed by atoms with Crippen LogP contribution in [-0.4, -0.2) is 64.7 Å². The first kappa shape index (κ1) is 26.4. The Hall–Kier alpha value is -3.62. The molecule has 0 aliphatic carbocycles. The number of sulfonamides is 1. The third kappa shape index (κ3) is 5.26. The smallest absolute Gasteiger partial charge is 0.243 e. The Balaban J connectivity index is 1.82. The van der Waals surface area contributed by atoms with Gasteiger partial charge in [-0.05, 0) is 38.5 Å². The standard InChI is InChI=1S/C23H27N7O5S2/c1-13-10-24-20(25-11-13)19(35-6)15(3)37(31,32)29-23-28-27-21(22-26-14(2)12-36-22)30(23)18-16(33-4)8-7-9-17(18)34-5/h7-12,15,19H,1-6H3,(H,28,29)/t15-,19-/m1/s1. The van der Waals surface area contributed by atoms with Crippen molar-refractivity contribution in [2.24, 2.45) is 0 Å². The van der Waals surface area contributed by atoms with E-state index in [2.05, 4.69) is 29.9 Å². The van der Waals surface area contributed by atoms with Crippen LogP contribution in [0.3, 0.4) is 0 Å². The number of methoxy groups -OCH3 is 3. The molecule has 0 fully saturated rings. The molecule has 0 saturated heterocycles. The minimum atomic E-state index is -4.09. The zero-order chi connectivity index (χ0) is 26.7. The molecule has 0 aliphatic heterocycles. The second-order valence-electron chi connectivity index (χ2n) is 8.11. The fourth-order valence-corrected chi connectivity index (χ4v) is 5.55. The minimum Gasteiger partial charge on any atom is -0.494 e. The summed E-state index contributed by atoms with van der Waals surface area (Å²) in [7, 11) is 0.327. The van der Waals surface area contributed by atoms with E-state index in [1.807, 2.05) is 19.2 Å². The maximum absolute atomic E-state index is 13.6. The van der Waals surface area contributed by atoms with E-state index in [4.69, 9.17) is 14.2 Å². The summed E-state index contributed by atoms with van der Waals surface area (Å²) in [6.07, 6.45) is 2.28. The van der Waals surface area contributed by atoms with E-state index in [1.165, 1.54) is 44.2 Å². The third-order valence-corrected chi connectivity index (χ3v) is 8.21. The second kappa shape index (κ2) is 10.8. The van der Waals surface area contributed by atoms with E-state index < -0.39 is 21.4 Å². The Kier molecular flexibility index (Phi) is 7.71. The Morgan fingerprint density at radius 2 is 1.68 bits per heavy atom. The van der Waals surface area contributed by atoms with Crippen molar-refractivity contribution in [3.8, 4) is 28.0 Å². The number of thiazole rings is 1. The number of anilines is 1. The number of hydrogen-bond donors (Lipinski definition) is 1. The van der Waals surface area contributed by atoms with E-state index in [-0.39, 0.29) is 11.8 Å². The lowest BCUT2D eigenvalue weighted by molar-refractivity contribution is 0.0949. The zero-order valence-corrected chi connectivity index (χ0v) is 22.8. The van der Waals surface area contributed by atoms with Crippen LogP contribution < -0.4 is 14.2 Å². The molecule has 0 radical (unpaired) electrons. The van der Waals surface area contributed by atoms with Crippen molar-refractivity contribution in [1.29, 1.82) is 0 Å². The summed E-state index contributed by atoms with van der Waals surface area (Å²) in [5, 5.41) is 9.76. The monoisotopic (exact) mass is 545 g/mol. The molecule has 14 heteroatoms. The molecule has 2 atom stereocenters. The molecule has 0 unspecified atom stereocenters. The number of rotatable bonds is 10. The predicted molar refractivity (Wildman–Crippen MR) is 139 cm³/mol. The van der Waals surface area contributed by atoms with Crippen molar-refractivity contribution in [2.75, 3.05) is 26.1 Å². The zero-order valence-electron chi connectivity index (χ0n) is 21.2. The highest BCUT2D eigenvalue weighted by atomic mass is 32.2. The van der Waals surface area contributed by atoms with Crippen LogP contribution >= 0.6 is 11.3 Å². The fourth-order valence-electron chi connectivity index (χ4n) is 3.65. The summed E-state index contributed by atoms with van der Waals surface area (Å²) in [6, 6.07) is 5.21. The highest BCUT2D eigenvalue weighted by Crippen LogP contribution is 2.38. The highest BCUT2D eigenvalue weighted by molar-refractivity contribution is 7.93. The summed E-state index contributed by atoms with van der Waals surface area (Å²) < 4.78 is 47.9. The van der Waals surface area contributed by atoms with Gasteiger partial charge < -0.3 is 14.2 Å². The molecule has 0 amide bonds. The summed E-state index contributed by atoms with van der Waals surface area (Å²) in [6.45, 7) is 5.21. The van der Waals surface area contributed by atoms with Crippen LogP contribution in [0.4, 0.5) is 5.95 Å². The first-order chi connectivity index (χ1) is 17.7. The maximum atomic E-state index is 13.6. The van der Waals surface area contributed by atoms with Gasteiger partial charge in [0, 0.05) is 30.6 Å². The van der Waals surface area contributed by atoms with Gasteiger partial charge in [-0.1, -0.05) is 6.07 Å². The van der Waals surface area contributed by atoms with Crippen LogP contribution in [0.25, 0.3) is 16.5 Å². The molecule has 3 aromatic heterocycles. The quantitative estimate of drug-likeness (QED) is 0.315. The largest absolute Gasteiger partial charge is 0.494 e. The predicted octanol–water partition coefficient (Wildman–Crippen LogP) is 3.33. The van der Waals surface area contributed by atoms with Crippen molar-refractivity contribution in [1.82, 2.24) is 29.7 Å². The van der Waals surface area contributed by atoms with Gasteiger partial charge in [0.25, 0.3) is 0 Å². The molecule has 196 valence electrons. The SMILES string of the molecule is COc1cccc(OC)c1-n1c(NS(=O)(=O)[C@H](C)[C@@H](OC)c2ncc(C)cn2)nnc1-c1nc(C)cs1. The topological polar surface area (TPSA) is 143 Å². The lowest BCUT2D eigenvalue weighted by Crippen LogP contribution is -2.33. The van der Waals surface area contributed by atoms with Gasteiger partial charge in [0.1, 0.15) is 28.5 Å². The van der Waals surface area contributed by atoms with E-state index in [9.17, 15) is 8.42 Å². The van der Waals surface area contributed by atoms with Crippen molar-refractivity contribution >= 4 is 27.3 Å². The summed E-state index contributed by atoms with van der Waals surface area (Å²) in [5.41, 5.74) is 2.05. The lowest BCUT2D eigenvalue weighted by atomic mass is 10.2. The van der Waals surface area contributed by atoms with E-state index in [0.717, 1.165) is 11.3 Å². The summed E-state index contributed by atoms with van der Waals surface area (Å²) in [5.74, 6) is 1.33. The number of ether oxygens (including phenoxy) is 3. The van der Waals surface area contributed by atoms with Gasteiger partial charge in [-0.2, -0.15) is 0 Å². The van der Waals surface area contributed by atoms with Crippen LogP contribution in [0.15, 0.2) is 36.0 Å². The van der Waals surface area contributed by atoms with E-state index in [1.54, 1.807) is 30.6 Å². The average molecular weight is 546 g/mol. The molecule has 0 saturated carbocycles. The number of nitrogens with zero attached hydrogens (tertiary/aromatic N) is 6. The number of benzene rings is 1. The Labute approximate surface area is 218 Å². The maximum Gasteiger partial charge on any atom is 0.243 e. The average Bonchev–Trinajstić information content (AvgIpc) is 3.50. The van der Waals surface area contributed by atoms with Gasteiger partial charge in [-0.15, -0.1) is 21.5 Å².